The number of hydrogen-bond acceptors (Lipinski definition) is 3. The molecule has 0 saturated heterocycles. The average Bonchev–Trinajstić information content (AvgIpc) is 2.38. The van der Waals surface area contributed by atoms with Gasteiger partial charge in [-0.3, -0.25) is 4.79 Å². The summed E-state index contributed by atoms with van der Waals surface area (Å²) < 4.78 is 33.8. The lowest BCUT2D eigenvalue weighted by Crippen LogP contribution is -2.13. The number of anilines is 1. The van der Waals surface area contributed by atoms with E-state index < -0.39 is 6.61 Å². The number of nitrogens with one attached hydrogen (secondary N) is 1. The van der Waals surface area contributed by atoms with Gasteiger partial charge in [0.2, 0.25) is 0 Å². The zero-order valence-electron chi connectivity index (χ0n) is 11.6. The monoisotopic (exact) mass is 285 g/mol. The fraction of sp³-hybridized carbons (Fsp3) is 0.357. The van der Waals surface area contributed by atoms with E-state index in [0.29, 0.717) is 11.3 Å². The number of methoxy groups -OCH3 is 1. The van der Waals surface area contributed by atoms with Crippen molar-refractivity contribution < 1.29 is 23.0 Å². The molecule has 1 aromatic carbocycles. The van der Waals surface area contributed by atoms with Crippen molar-refractivity contribution in [3.63, 3.8) is 0 Å². The SMILES string of the molecule is CCC=C(C)C(=O)Nc1ccc(OC)c(OC(F)F)c1. The molecular formula is C14H17F2NO3. The molecule has 0 atom stereocenters. The van der Waals surface area contributed by atoms with E-state index in [1.165, 1.54) is 19.2 Å². The van der Waals surface area contributed by atoms with Gasteiger partial charge < -0.3 is 14.8 Å². The number of alkyl halides is 2. The Morgan fingerprint density at radius 1 is 1.40 bits per heavy atom. The van der Waals surface area contributed by atoms with E-state index in [9.17, 15) is 13.6 Å². The lowest BCUT2D eigenvalue weighted by atomic mass is 10.2. The summed E-state index contributed by atoms with van der Waals surface area (Å²) >= 11 is 0. The number of hydrogen-bond donors (Lipinski definition) is 1. The number of carbonyl (C=O) groups excluding carboxylic acids is 1. The predicted molar refractivity (Wildman–Crippen MR) is 72.3 cm³/mol. The third kappa shape index (κ3) is 4.53. The fourth-order valence-electron chi connectivity index (χ4n) is 1.57. The third-order valence-electron chi connectivity index (χ3n) is 2.51. The topological polar surface area (TPSA) is 47.6 Å². The number of amides is 1. The van der Waals surface area contributed by atoms with Crippen LogP contribution < -0.4 is 14.8 Å². The molecule has 0 spiro atoms. The van der Waals surface area contributed by atoms with Gasteiger partial charge in [0.1, 0.15) is 0 Å². The summed E-state index contributed by atoms with van der Waals surface area (Å²) in [4.78, 5) is 11.8. The maximum absolute atomic E-state index is 12.3. The molecule has 0 saturated carbocycles. The first kappa shape index (κ1) is 15.9. The van der Waals surface area contributed by atoms with Crippen molar-refractivity contribution in [2.45, 2.75) is 26.9 Å². The normalized spacial score (nSPS) is 11.4. The third-order valence-corrected chi connectivity index (χ3v) is 2.51. The van der Waals surface area contributed by atoms with Gasteiger partial charge in [-0.05, 0) is 25.5 Å². The lowest BCUT2D eigenvalue weighted by Gasteiger charge is -2.12. The molecule has 20 heavy (non-hydrogen) atoms. The largest absolute Gasteiger partial charge is 0.493 e. The van der Waals surface area contributed by atoms with Crippen molar-refractivity contribution in [1.82, 2.24) is 0 Å². The highest BCUT2D eigenvalue weighted by Crippen LogP contribution is 2.31. The quantitative estimate of drug-likeness (QED) is 0.812. The molecule has 0 radical (unpaired) electrons. The van der Waals surface area contributed by atoms with Crippen LogP contribution in [-0.2, 0) is 4.79 Å². The number of carbonyl (C=O) groups is 1. The molecule has 0 fully saturated rings. The van der Waals surface area contributed by atoms with E-state index >= 15 is 0 Å². The number of halogens is 2. The van der Waals surface area contributed by atoms with E-state index in [-0.39, 0.29) is 17.4 Å². The first-order valence-corrected chi connectivity index (χ1v) is 6.08. The summed E-state index contributed by atoms with van der Waals surface area (Å²) in [5.74, 6) is -0.249. The minimum atomic E-state index is -2.96. The van der Waals surface area contributed by atoms with Crippen molar-refractivity contribution in [1.29, 1.82) is 0 Å². The fourth-order valence-corrected chi connectivity index (χ4v) is 1.57. The molecule has 110 valence electrons. The van der Waals surface area contributed by atoms with Crippen LogP contribution in [-0.4, -0.2) is 19.6 Å². The molecule has 0 aliphatic carbocycles. The van der Waals surface area contributed by atoms with Crippen LogP contribution in [0.15, 0.2) is 29.8 Å². The Balaban J connectivity index is 2.91. The molecule has 0 aliphatic heterocycles. The number of allylic oxidation sites excluding steroid dienone is 1. The second-order valence-corrected chi connectivity index (χ2v) is 3.99. The van der Waals surface area contributed by atoms with Crippen LogP contribution in [0.3, 0.4) is 0 Å². The number of rotatable bonds is 6. The van der Waals surface area contributed by atoms with Crippen LogP contribution in [0.1, 0.15) is 20.3 Å². The van der Waals surface area contributed by atoms with Crippen LogP contribution >= 0.6 is 0 Å². The predicted octanol–water partition coefficient (Wildman–Crippen LogP) is 3.59. The van der Waals surface area contributed by atoms with Crippen LogP contribution in [0.4, 0.5) is 14.5 Å². The maximum Gasteiger partial charge on any atom is 0.387 e. The Kier molecular flexibility index (Phi) is 5.96. The van der Waals surface area contributed by atoms with E-state index in [0.717, 1.165) is 6.42 Å². The van der Waals surface area contributed by atoms with Gasteiger partial charge in [-0.1, -0.05) is 13.0 Å². The van der Waals surface area contributed by atoms with Crippen molar-refractivity contribution in [3.8, 4) is 11.5 Å². The van der Waals surface area contributed by atoms with Gasteiger partial charge >= 0.3 is 6.61 Å². The molecule has 0 aromatic heterocycles. The first-order chi connectivity index (χ1) is 9.47. The van der Waals surface area contributed by atoms with Gasteiger partial charge in [0, 0.05) is 17.3 Å². The Morgan fingerprint density at radius 2 is 2.10 bits per heavy atom. The van der Waals surface area contributed by atoms with Gasteiger partial charge in [-0.25, -0.2) is 0 Å². The summed E-state index contributed by atoms with van der Waals surface area (Å²) in [7, 11) is 1.35. The Labute approximate surface area is 116 Å². The number of ether oxygens (including phenoxy) is 2. The van der Waals surface area contributed by atoms with Crippen molar-refractivity contribution >= 4 is 11.6 Å². The van der Waals surface area contributed by atoms with Crippen molar-refractivity contribution in [3.05, 3.63) is 29.8 Å². The highest BCUT2D eigenvalue weighted by Gasteiger charge is 2.12. The van der Waals surface area contributed by atoms with Gasteiger partial charge in [-0.15, -0.1) is 0 Å². The molecule has 1 aromatic rings. The van der Waals surface area contributed by atoms with Crippen LogP contribution in [0.2, 0.25) is 0 Å². The average molecular weight is 285 g/mol. The van der Waals surface area contributed by atoms with Crippen molar-refractivity contribution in [2.75, 3.05) is 12.4 Å². The molecule has 4 nitrogen and oxygen atoms in total. The minimum Gasteiger partial charge on any atom is -0.493 e. The Bertz CT molecular complexity index is 501. The van der Waals surface area contributed by atoms with Crippen LogP contribution in [0.25, 0.3) is 0 Å². The summed E-state index contributed by atoms with van der Waals surface area (Å²) in [6.07, 6.45) is 2.51. The van der Waals surface area contributed by atoms with Crippen LogP contribution in [0, 0.1) is 0 Å². The van der Waals surface area contributed by atoms with Gasteiger partial charge in [0.05, 0.1) is 7.11 Å². The van der Waals surface area contributed by atoms with E-state index in [1.807, 2.05) is 6.92 Å². The van der Waals surface area contributed by atoms with Crippen molar-refractivity contribution in [2.24, 2.45) is 0 Å². The summed E-state index contributed by atoms with van der Waals surface area (Å²) in [6.45, 7) is 0.633. The molecular weight excluding hydrogens is 268 g/mol. The van der Waals surface area contributed by atoms with Crippen LogP contribution in [0.5, 0.6) is 11.5 Å². The molecule has 0 heterocycles. The first-order valence-electron chi connectivity index (χ1n) is 6.08. The highest BCUT2D eigenvalue weighted by molar-refractivity contribution is 6.03. The maximum atomic E-state index is 12.3. The van der Waals surface area contributed by atoms with E-state index in [2.05, 4.69) is 10.1 Å². The zero-order chi connectivity index (χ0) is 15.1. The molecule has 1 N–H and O–H groups in total. The summed E-state index contributed by atoms with van der Waals surface area (Å²) in [6, 6.07) is 4.29. The second kappa shape index (κ2) is 7.47. The zero-order valence-corrected chi connectivity index (χ0v) is 11.6. The lowest BCUT2D eigenvalue weighted by molar-refractivity contribution is -0.112. The smallest absolute Gasteiger partial charge is 0.387 e. The minimum absolute atomic E-state index is 0.127. The molecule has 1 amide bonds. The summed E-state index contributed by atoms with van der Waals surface area (Å²) in [5.41, 5.74) is 0.912. The second-order valence-electron chi connectivity index (χ2n) is 3.99. The highest BCUT2D eigenvalue weighted by atomic mass is 19.3. The Hall–Kier alpha value is -2.11. The van der Waals surface area contributed by atoms with Gasteiger partial charge in [0.25, 0.3) is 5.91 Å². The number of benzene rings is 1. The molecule has 6 heteroatoms. The molecule has 1 rings (SSSR count). The van der Waals surface area contributed by atoms with E-state index in [4.69, 9.17) is 4.74 Å². The molecule has 0 aliphatic rings. The Morgan fingerprint density at radius 3 is 2.65 bits per heavy atom. The van der Waals surface area contributed by atoms with E-state index in [1.54, 1.807) is 19.1 Å². The molecule has 0 bridgehead atoms. The van der Waals surface area contributed by atoms with Gasteiger partial charge in [0.15, 0.2) is 11.5 Å². The van der Waals surface area contributed by atoms with Gasteiger partial charge in [-0.2, -0.15) is 8.78 Å². The standard InChI is InChI=1S/C14H17F2NO3/c1-4-5-9(2)13(18)17-10-6-7-11(19-3)12(8-10)20-14(15)16/h5-8,14H,4H2,1-3H3,(H,17,18). The summed E-state index contributed by atoms with van der Waals surface area (Å²) in [5, 5.41) is 2.60. The molecule has 0 unspecified atom stereocenters.